The monoisotopic (exact) mass is 699 g/mol. The van der Waals surface area contributed by atoms with Gasteiger partial charge in [0, 0.05) is 13.0 Å². The first kappa shape index (κ1) is 36.9. The summed E-state index contributed by atoms with van der Waals surface area (Å²) in [6, 6.07) is 10.1. The summed E-state index contributed by atoms with van der Waals surface area (Å²) in [4.78, 5) is 43.6. The molecule has 0 bridgehead atoms. The number of carbonyl (C=O) groups excluding carboxylic acids is 3. The van der Waals surface area contributed by atoms with E-state index in [1.807, 2.05) is 30.3 Å². The molecule has 1 heterocycles. The molecule has 8 atom stereocenters. The van der Waals surface area contributed by atoms with Crippen LogP contribution in [0.25, 0.3) is 0 Å². The third kappa shape index (κ3) is 6.15. The van der Waals surface area contributed by atoms with Crippen molar-refractivity contribution in [3.63, 3.8) is 0 Å². The quantitative estimate of drug-likeness (QED) is 0.199. The number of nitrogens with zero attached hydrogens (tertiary/aromatic N) is 1. The molecular weight excluding hydrogens is 634 g/mol. The van der Waals surface area contributed by atoms with Crippen LogP contribution in [0.2, 0.25) is 0 Å². The Balaban J connectivity index is 1.13. The van der Waals surface area contributed by atoms with Gasteiger partial charge in [-0.1, -0.05) is 83.0 Å². The van der Waals surface area contributed by atoms with Crippen molar-refractivity contribution >= 4 is 17.7 Å². The zero-order valence-electron chi connectivity index (χ0n) is 32.6. The van der Waals surface area contributed by atoms with Gasteiger partial charge >= 0.3 is 11.9 Å². The minimum absolute atomic E-state index is 0.00443. The van der Waals surface area contributed by atoms with Crippen molar-refractivity contribution in [3.05, 3.63) is 47.5 Å². The molecule has 0 spiro atoms. The fraction of sp³-hybridized carbons (Fsp3) is 0.756. The number of Topliss-reactive ketones (excluding diaryl/α,β-unsaturated/α-hetero) is 1. The number of benzene rings is 1. The Morgan fingerprint density at radius 2 is 1.57 bits per heavy atom. The third-order valence-corrected chi connectivity index (χ3v) is 16.4. The van der Waals surface area contributed by atoms with Crippen LogP contribution in [0.3, 0.4) is 0 Å². The van der Waals surface area contributed by atoms with E-state index in [-0.39, 0.29) is 57.8 Å². The van der Waals surface area contributed by atoms with E-state index in [4.69, 9.17) is 9.47 Å². The van der Waals surface area contributed by atoms with E-state index in [0.717, 1.165) is 83.0 Å². The molecule has 6 heteroatoms. The zero-order chi connectivity index (χ0) is 36.3. The highest BCUT2D eigenvalue weighted by atomic mass is 16.5. The number of hydrogen-bond donors (Lipinski definition) is 0. The highest BCUT2D eigenvalue weighted by Crippen LogP contribution is 2.75. The van der Waals surface area contributed by atoms with Gasteiger partial charge in [0.15, 0.2) is 0 Å². The normalized spacial score (nSPS) is 40.5. The van der Waals surface area contributed by atoms with Crippen LogP contribution in [-0.2, 0) is 30.5 Å². The summed E-state index contributed by atoms with van der Waals surface area (Å²) in [5.74, 6) is 0.912. The summed E-state index contributed by atoms with van der Waals surface area (Å²) < 4.78 is 12.2. The Hall–Kier alpha value is -2.47. The Kier molecular flexibility index (Phi) is 9.71. The predicted molar refractivity (Wildman–Crippen MR) is 200 cm³/mol. The van der Waals surface area contributed by atoms with E-state index in [1.165, 1.54) is 24.8 Å². The number of fused-ring (bicyclic) bond motifs is 7. The van der Waals surface area contributed by atoms with Crippen LogP contribution in [0.4, 0.5) is 0 Å². The van der Waals surface area contributed by atoms with Gasteiger partial charge in [-0.3, -0.25) is 14.4 Å². The van der Waals surface area contributed by atoms with Gasteiger partial charge < -0.3 is 14.4 Å². The average Bonchev–Trinajstić information content (AvgIpc) is 3.11. The molecule has 6 aliphatic rings. The molecule has 4 saturated carbocycles. The highest BCUT2D eigenvalue weighted by molar-refractivity contribution is 5.86. The van der Waals surface area contributed by atoms with Crippen LogP contribution in [0.15, 0.2) is 42.0 Å². The summed E-state index contributed by atoms with van der Waals surface area (Å²) >= 11 is 0. The lowest BCUT2D eigenvalue weighted by atomic mass is 9.33. The van der Waals surface area contributed by atoms with Crippen LogP contribution in [0.1, 0.15) is 137 Å². The molecule has 1 aromatic carbocycles. The van der Waals surface area contributed by atoms with E-state index in [1.54, 1.807) is 0 Å². The first-order chi connectivity index (χ1) is 24.2. The van der Waals surface area contributed by atoms with Gasteiger partial charge in [0.1, 0.15) is 19.0 Å². The molecule has 5 fully saturated rings. The molecule has 6 nitrogen and oxygen atoms in total. The molecule has 0 radical (unpaired) electrons. The van der Waals surface area contributed by atoms with Crippen molar-refractivity contribution in [1.82, 2.24) is 4.90 Å². The minimum Gasteiger partial charge on any atom is -0.465 e. The number of ketones is 1. The maximum atomic E-state index is 14.3. The molecule has 1 aromatic rings. The number of esters is 2. The molecule has 0 amide bonds. The number of carbonyl (C=O) groups is 3. The third-order valence-electron chi connectivity index (χ3n) is 16.4. The smallest absolute Gasteiger partial charge is 0.313 e. The summed E-state index contributed by atoms with van der Waals surface area (Å²) in [5, 5.41) is 0. The number of hydrogen-bond acceptors (Lipinski definition) is 6. The van der Waals surface area contributed by atoms with Crippen molar-refractivity contribution < 1.29 is 23.9 Å². The lowest BCUT2D eigenvalue weighted by Gasteiger charge is -2.70. The standard InChI is InChI=1S/C45H65NO5/c1-40(2)22-24-45(39(49)50-30-32-13-9-7-10-14-32)25-23-43(5)33(34(45)29-40)15-16-36-41(3)20-18-37(47)42(4,35(41)17-21-44(36,43)6)31-51-38(48)19-28-46-26-11-8-12-27-46/h7,9-10,13-15,34-36H,8,11-12,16-31H2,1-6H3/t34-,35+,36+,41-,42-,43+,44+,45-/m0/s1. The summed E-state index contributed by atoms with van der Waals surface area (Å²) in [5.41, 5.74) is 1.61. The van der Waals surface area contributed by atoms with Crippen molar-refractivity contribution in [3.8, 4) is 0 Å². The SMILES string of the molecule is CC1(C)CC[C@]2(C(=O)OCc3ccccc3)CC[C@]3(C)C(=CC[C@@H]4[C@@]5(C)CCC(=O)[C@@](C)(COC(=O)CCN6CCCCC6)[C@@H]5CC[C@]43C)[C@@H]2C1. The summed E-state index contributed by atoms with van der Waals surface area (Å²) in [6.07, 6.45) is 16.0. The van der Waals surface area contributed by atoms with E-state index in [2.05, 4.69) is 52.5 Å². The van der Waals surface area contributed by atoms with Crippen molar-refractivity contribution in [2.24, 2.45) is 50.2 Å². The molecule has 5 aliphatic carbocycles. The molecule has 1 saturated heterocycles. The topological polar surface area (TPSA) is 72.9 Å². The first-order valence-electron chi connectivity index (χ1n) is 20.5. The van der Waals surface area contributed by atoms with Crippen LogP contribution in [0, 0.1) is 50.2 Å². The van der Waals surface area contributed by atoms with Crippen LogP contribution < -0.4 is 0 Å². The maximum Gasteiger partial charge on any atom is 0.313 e. The Labute approximate surface area is 307 Å². The van der Waals surface area contributed by atoms with Gasteiger partial charge in [0.05, 0.1) is 17.3 Å². The van der Waals surface area contributed by atoms with E-state index >= 15 is 0 Å². The van der Waals surface area contributed by atoms with E-state index in [9.17, 15) is 14.4 Å². The minimum atomic E-state index is -0.655. The first-order valence-corrected chi connectivity index (χ1v) is 20.5. The maximum absolute atomic E-state index is 14.3. The summed E-state index contributed by atoms with van der Waals surface area (Å²) in [7, 11) is 0. The van der Waals surface area contributed by atoms with E-state index < -0.39 is 10.8 Å². The highest BCUT2D eigenvalue weighted by Gasteiger charge is 2.70. The Morgan fingerprint density at radius 1 is 0.843 bits per heavy atom. The second-order valence-electron chi connectivity index (χ2n) is 19.6. The molecule has 0 unspecified atom stereocenters. The van der Waals surface area contributed by atoms with Crippen molar-refractivity contribution in [2.45, 2.75) is 138 Å². The summed E-state index contributed by atoms with van der Waals surface area (Å²) in [6.45, 7) is 17.9. The van der Waals surface area contributed by atoms with Gasteiger partial charge in [-0.15, -0.1) is 0 Å². The Morgan fingerprint density at radius 3 is 2.31 bits per heavy atom. The van der Waals surface area contributed by atoms with Crippen LogP contribution in [0.5, 0.6) is 0 Å². The number of likely N-dealkylation sites (tertiary alicyclic amines) is 1. The van der Waals surface area contributed by atoms with Gasteiger partial charge in [-0.05, 0) is 136 Å². The second kappa shape index (κ2) is 13.4. The number of rotatable bonds is 8. The molecule has 7 rings (SSSR count). The fourth-order valence-electron chi connectivity index (χ4n) is 13.0. The second-order valence-corrected chi connectivity index (χ2v) is 19.6. The largest absolute Gasteiger partial charge is 0.465 e. The zero-order valence-corrected chi connectivity index (χ0v) is 32.6. The molecule has 51 heavy (non-hydrogen) atoms. The molecule has 0 N–H and O–H groups in total. The van der Waals surface area contributed by atoms with Crippen LogP contribution >= 0.6 is 0 Å². The van der Waals surface area contributed by atoms with Gasteiger partial charge in [0.25, 0.3) is 0 Å². The van der Waals surface area contributed by atoms with Gasteiger partial charge in [-0.25, -0.2) is 0 Å². The number of ether oxygens (including phenoxy) is 2. The van der Waals surface area contributed by atoms with E-state index in [0.29, 0.717) is 25.4 Å². The molecule has 1 aliphatic heterocycles. The fourth-order valence-corrected chi connectivity index (χ4v) is 13.0. The predicted octanol–water partition coefficient (Wildman–Crippen LogP) is 9.50. The lowest BCUT2D eigenvalue weighted by Crippen LogP contribution is -2.65. The van der Waals surface area contributed by atoms with Gasteiger partial charge in [0.2, 0.25) is 0 Å². The lowest BCUT2D eigenvalue weighted by molar-refractivity contribution is -0.198. The molecule has 280 valence electrons. The number of allylic oxidation sites excluding steroid dienone is 2. The molecular formula is C45H65NO5. The van der Waals surface area contributed by atoms with Crippen LogP contribution in [-0.4, -0.2) is 48.9 Å². The van der Waals surface area contributed by atoms with Crippen molar-refractivity contribution in [2.75, 3.05) is 26.2 Å². The Bertz CT molecular complexity index is 1530. The average molecular weight is 700 g/mol. The number of piperidine rings is 1. The van der Waals surface area contributed by atoms with Gasteiger partial charge in [-0.2, -0.15) is 0 Å². The molecule has 0 aromatic heterocycles. The van der Waals surface area contributed by atoms with Crippen molar-refractivity contribution in [1.29, 1.82) is 0 Å².